The maximum Gasteiger partial charge on any atom is 0.0697 e. The molecule has 0 aliphatic carbocycles. The van der Waals surface area contributed by atoms with E-state index in [0.717, 1.165) is 12.8 Å². The first-order valence-corrected chi connectivity index (χ1v) is 2.96. The van der Waals surface area contributed by atoms with Crippen LogP contribution in [0.25, 0.3) is 0 Å². The van der Waals surface area contributed by atoms with Gasteiger partial charge in [-0.1, -0.05) is 13.3 Å². The van der Waals surface area contributed by atoms with Crippen LogP contribution >= 0.6 is 0 Å². The number of rotatable bonds is 5. The summed E-state index contributed by atoms with van der Waals surface area (Å²) >= 11 is 0. The van der Waals surface area contributed by atoms with Gasteiger partial charge in [0, 0.05) is 6.58 Å². The second-order valence-corrected chi connectivity index (χ2v) is 1.55. The average Bonchev–Trinajstić information content (AvgIpc) is 1.85. The van der Waals surface area contributed by atoms with Gasteiger partial charge in [0.25, 0.3) is 0 Å². The molecule has 50 valence electrons. The number of aliphatic hydroxyl groups excluding tert-OH is 1. The maximum atomic E-state index is 8.28. The highest BCUT2D eigenvalue weighted by Gasteiger charge is 1.82. The Hall–Kier alpha value is -0.0800. The van der Waals surface area contributed by atoms with E-state index >= 15 is 0 Å². The Morgan fingerprint density at radius 3 is 3.00 bits per heavy atom. The standard InChI is InChI=1S/C6H14O2/c1-2-3-5-8-6-4-7/h7H,2-6H2,1H3/i5D. The first-order valence-electron chi connectivity index (χ1n) is 3.53. The summed E-state index contributed by atoms with van der Waals surface area (Å²) in [7, 11) is 0. The average molecular weight is 119 g/mol. The first kappa shape index (κ1) is 6.05. The van der Waals surface area contributed by atoms with Crippen LogP contribution in [-0.2, 0) is 4.74 Å². The van der Waals surface area contributed by atoms with Crippen molar-refractivity contribution in [3.05, 3.63) is 0 Å². The molecule has 0 aliphatic rings. The fourth-order valence-electron chi connectivity index (χ4n) is 0.337. The Morgan fingerprint density at radius 2 is 2.50 bits per heavy atom. The Bertz CT molecular complexity index is 59.0. The molecule has 0 fully saturated rings. The molecule has 0 bridgehead atoms. The smallest absolute Gasteiger partial charge is 0.0697 e. The lowest BCUT2D eigenvalue weighted by molar-refractivity contribution is 0.0904. The lowest BCUT2D eigenvalue weighted by Gasteiger charge is -1.97. The molecule has 0 spiro atoms. The highest BCUT2D eigenvalue weighted by Crippen LogP contribution is 1.85. The fourth-order valence-corrected chi connectivity index (χ4v) is 0.337. The molecule has 0 aromatic rings. The van der Waals surface area contributed by atoms with E-state index < -0.39 is 6.58 Å². The molecule has 0 saturated heterocycles. The molecular formula is C6H14O2. The number of aliphatic hydroxyl groups is 1. The summed E-state index contributed by atoms with van der Waals surface area (Å²) in [6.07, 6.45) is 1.71. The van der Waals surface area contributed by atoms with Gasteiger partial charge in [0.15, 0.2) is 0 Å². The van der Waals surface area contributed by atoms with Crippen molar-refractivity contribution in [2.75, 3.05) is 19.8 Å². The molecule has 0 heterocycles. The Labute approximate surface area is 51.9 Å². The van der Waals surface area contributed by atoms with Gasteiger partial charge in [0.2, 0.25) is 0 Å². The van der Waals surface area contributed by atoms with Crippen LogP contribution in [-0.4, -0.2) is 24.9 Å². The van der Waals surface area contributed by atoms with E-state index in [0.29, 0.717) is 0 Å². The summed E-state index contributed by atoms with van der Waals surface area (Å²) in [5, 5.41) is 8.28. The third kappa shape index (κ3) is 5.92. The molecule has 1 N–H and O–H groups in total. The zero-order chi connectivity index (χ0) is 7.11. The minimum Gasteiger partial charge on any atom is -0.394 e. The highest BCUT2D eigenvalue weighted by molar-refractivity contribution is 4.30. The Morgan fingerprint density at radius 1 is 1.75 bits per heavy atom. The van der Waals surface area contributed by atoms with Crippen molar-refractivity contribution >= 4 is 0 Å². The molecule has 0 rings (SSSR count). The molecule has 0 amide bonds. The summed E-state index contributed by atoms with van der Waals surface area (Å²) in [6.45, 7) is 1.86. The van der Waals surface area contributed by atoms with Gasteiger partial charge in [0.05, 0.1) is 14.6 Å². The Kier molecular flexibility index (Phi) is 5.23. The van der Waals surface area contributed by atoms with Crippen molar-refractivity contribution in [2.45, 2.75) is 19.8 Å². The molecule has 2 heteroatoms. The Balaban J connectivity index is 2.95. The quantitative estimate of drug-likeness (QED) is 0.580. The van der Waals surface area contributed by atoms with Gasteiger partial charge in [0.1, 0.15) is 0 Å². The second-order valence-electron chi connectivity index (χ2n) is 1.55. The third-order valence-electron chi connectivity index (χ3n) is 0.734. The van der Waals surface area contributed by atoms with Crippen molar-refractivity contribution in [3.8, 4) is 0 Å². The molecular weight excluding hydrogens is 104 g/mol. The lowest BCUT2D eigenvalue weighted by Crippen LogP contribution is -1.99. The molecule has 1 atom stereocenters. The van der Waals surface area contributed by atoms with E-state index in [1.807, 2.05) is 6.92 Å². The van der Waals surface area contributed by atoms with Crippen LogP contribution in [0.3, 0.4) is 0 Å². The molecule has 0 aromatic carbocycles. The van der Waals surface area contributed by atoms with Gasteiger partial charge in [-0.2, -0.15) is 0 Å². The summed E-state index contributed by atoms with van der Waals surface area (Å²) in [5.41, 5.74) is 0. The van der Waals surface area contributed by atoms with Gasteiger partial charge in [-0.25, -0.2) is 0 Å². The molecule has 2 nitrogen and oxygen atoms in total. The molecule has 8 heavy (non-hydrogen) atoms. The van der Waals surface area contributed by atoms with Crippen LogP contribution in [0.4, 0.5) is 0 Å². The SMILES string of the molecule is [2H]C(CCC)OCCO. The molecule has 0 saturated carbocycles. The van der Waals surface area contributed by atoms with Crippen LogP contribution in [0.15, 0.2) is 0 Å². The third-order valence-corrected chi connectivity index (χ3v) is 0.734. The lowest BCUT2D eigenvalue weighted by atomic mass is 10.4. The second kappa shape index (κ2) is 6.92. The van der Waals surface area contributed by atoms with Crippen LogP contribution in [0.5, 0.6) is 0 Å². The number of hydrogen-bond donors (Lipinski definition) is 1. The predicted molar refractivity (Wildman–Crippen MR) is 32.8 cm³/mol. The predicted octanol–water partition coefficient (Wildman–Crippen LogP) is 0.795. The van der Waals surface area contributed by atoms with Crippen molar-refractivity contribution in [1.29, 1.82) is 0 Å². The number of ether oxygens (including phenoxy) is 1. The van der Waals surface area contributed by atoms with E-state index in [1.54, 1.807) is 0 Å². The topological polar surface area (TPSA) is 29.5 Å². The van der Waals surface area contributed by atoms with Crippen LogP contribution < -0.4 is 0 Å². The normalized spacial score (nSPS) is 15.5. The minimum absolute atomic E-state index is 0.0130. The molecule has 0 radical (unpaired) electrons. The summed E-state index contributed by atoms with van der Waals surface area (Å²) in [4.78, 5) is 0. The van der Waals surface area contributed by atoms with Crippen molar-refractivity contribution in [2.24, 2.45) is 0 Å². The van der Waals surface area contributed by atoms with Gasteiger partial charge >= 0.3 is 0 Å². The molecule has 1 unspecified atom stereocenters. The summed E-state index contributed by atoms with van der Waals surface area (Å²) in [5.74, 6) is 0. The van der Waals surface area contributed by atoms with Crippen LogP contribution in [0, 0.1) is 0 Å². The highest BCUT2D eigenvalue weighted by atomic mass is 16.5. The maximum absolute atomic E-state index is 8.28. The minimum atomic E-state index is -0.442. The van der Waals surface area contributed by atoms with E-state index in [9.17, 15) is 0 Å². The van der Waals surface area contributed by atoms with E-state index in [4.69, 9.17) is 11.2 Å². The van der Waals surface area contributed by atoms with Gasteiger partial charge in [-0.15, -0.1) is 0 Å². The number of hydrogen-bond acceptors (Lipinski definition) is 2. The van der Waals surface area contributed by atoms with E-state index in [2.05, 4.69) is 0 Å². The van der Waals surface area contributed by atoms with Gasteiger partial charge < -0.3 is 9.84 Å². The van der Waals surface area contributed by atoms with Crippen molar-refractivity contribution in [3.63, 3.8) is 0 Å². The molecule has 0 aromatic heterocycles. The van der Waals surface area contributed by atoms with E-state index in [1.165, 1.54) is 0 Å². The fraction of sp³-hybridized carbons (Fsp3) is 1.00. The largest absolute Gasteiger partial charge is 0.394 e. The van der Waals surface area contributed by atoms with Crippen molar-refractivity contribution in [1.82, 2.24) is 0 Å². The van der Waals surface area contributed by atoms with E-state index in [-0.39, 0.29) is 13.2 Å². The summed E-state index contributed by atoms with van der Waals surface area (Å²) in [6, 6.07) is 0. The van der Waals surface area contributed by atoms with Gasteiger partial charge in [-0.3, -0.25) is 0 Å². The summed E-state index contributed by atoms with van der Waals surface area (Å²) < 4.78 is 12.0. The van der Waals surface area contributed by atoms with Crippen LogP contribution in [0.1, 0.15) is 21.1 Å². The zero-order valence-corrected chi connectivity index (χ0v) is 5.26. The first-order chi connectivity index (χ1) is 4.31. The van der Waals surface area contributed by atoms with Gasteiger partial charge in [-0.05, 0) is 6.42 Å². The van der Waals surface area contributed by atoms with Crippen molar-refractivity contribution < 1.29 is 11.2 Å². The monoisotopic (exact) mass is 119 g/mol. The molecule has 0 aliphatic heterocycles. The zero-order valence-electron chi connectivity index (χ0n) is 6.26. The van der Waals surface area contributed by atoms with Crippen LogP contribution in [0.2, 0.25) is 0 Å².